The van der Waals surface area contributed by atoms with Crippen LogP contribution in [0.1, 0.15) is 37.7 Å². The van der Waals surface area contributed by atoms with Crippen LogP contribution in [0.4, 0.5) is 4.79 Å². The molecule has 0 aliphatic carbocycles. The minimum atomic E-state index is -0.402. The number of amides is 2. The maximum absolute atomic E-state index is 12.9. The number of likely N-dealkylation sites (tertiary alicyclic amines) is 2. The Morgan fingerprint density at radius 1 is 1.04 bits per heavy atom. The molecule has 0 aromatic heterocycles. The highest BCUT2D eigenvalue weighted by atomic mass is 16.5. The lowest BCUT2D eigenvalue weighted by molar-refractivity contribution is -0.139. The second-order valence-corrected chi connectivity index (χ2v) is 7.08. The fourth-order valence-electron chi connectivity index (χ4n) is 3.80. The Morgan fingerprint density at radius 2 is 1.77 bits per heavy atom. The predicted molar refractivity (Wildman–Crippen MR) is 98.2 cm³/mol. The highest BCUT2D eigenvalue weighted by Crippen LogP contribution is 2.25. The summed E-state index contributed by atoms with van der Waals surface area (Å²) >= 11 is 0. The standard InChI is InChI=1S/C20H28N2O4/c1-15-7-3-4-9-18(15)26-16-10-13-21(14-11-16)19(23)17-8-5-6-12-22(17)20(24)25-2/h3-4,7,9,16-17H,5-6,8,10-14H2,1-2H3. The fourth-order valence-corrected chi connectivity index (χ4v) is 3.80. The second kappa shape index (κ2) is 8.43. The molecule has 0 bridgehead atoms. The van der Waals surface area contributed by atoms with Crippen LogP contribution in [-0.4, -0.2) is 60.7 Å². The van der Waals surface area contributed by atoms with Crippen molar-refractivity contribution in [2.45, 2.75) is 51.2 Å². The summed E-state index contributed by atoms with van der Waals surface area (Å²) < 4.78 is 11.0. The molecule has 2 aliphatic rings. The van der Waals surface area contributed by atoms with Gasteiger partial charge in [0.2, 0.25) is 5.91 Å². The Kier molecular flexibility index (Phi) is 6.01. The Balaban J connectivity index is 1.56. The van der Waals surface area contributed by atoms with E-state index in [1.807, 2.05) is 36.1 Å². The van der Waals surface area contributed by atoms with Crippen molar-refractivity contribution < 1.29 is 19.1 Å². The van der Waals surface area contributed by atoms with E-state index in [9.17, 15) is 9.59 Å². The van der Waals surface area contributed by atoms with Gasteiger partial charge in [-0.25, -0.2) is 4.79 Å². The first-order valence-corrected chi connectivity index (χ1v) is 9.46. The van der Waals surface area contributed by atoms with E-state index in [1.165, 1.54) is 7.11 Å². The van der Waals surface area contributed by atoms with Gasteiger partial charge in [-0.1, -0.05) is 18.2 Å². The van der Waals surface area contributed by atoms with E-state index in [2.05, 4.69) is 0 Å². The zero-order valence-corrected chi connectivity index (χ0v) is 15.6. The Morgan fingerprint density at radius 3 is 2.46 bits per heavy atom. The number of hydrogen-bond donors (Lipinski definition) is 0. The molecule has 6 nitrogen and oxygen atoms in total. The van der Waals surface area contributed by atoms with Crippen LogP contribution in [0, 0.1) is 6.92 Å². The summed E-state index contributed by atoms with van der Waals surface area (Å²) in [4.78, 5) is 28.4. The van der Waals surface area contributed by atoms with Crippen LogP contribution in [0.15, 0.2) is 24.3 Å². The number of rotatable bonds is 3. The van der Waals surface area contributed by atoms with Crippen molar-refractivity contribution in [2.75, 3.05) is 26.7 Å². The predicted octanol–water partition coefficient (Wildman–Crippen LogP) is 2.99. The minimum absolute atomic E-state index is 0.0458. The van der Waals surface area contributed by atoms with Crippen molar-refractivity contribution in [1.82, 2.24) is 9.80 Å². The molecular weight excluding hydrogens is 332 g/mol. The average Bonchev–Trinajstić information content (AvgIpc) is 2.69. The summed E-state index contributed by atoms with van der Waals surface area (Å²) in [5.41, 5.74) is 1.13. The lowest BCUT2D eigenvalue weighted by atomic mass is 9.99. The number of para-hydroxylation sites is 1. The van der Waals surface area contributed by atoms with E-state index in [0.717, 1.165) is 37.0 Å². The average molecular weight is 360 g/mol. The molecule has 0 spiro atoms. The maximum atomic E-state index is 12.9. The van der Waals surface area contributed by atoms with Gasteiger partial charge in [-0.3, -0.25) is 9.69 Å². The van der Waals surface area contributed by atoms with Crippen LogP contribution in [0.5, 0.6) is 5.75 Å². The fraction of sp³-hybridized carbons (Fsp3) is 0.600. The summed E-state index contributed by atoms with van der Waals surface area (Å²) in [6.07, 6.45) is 3.95. The van der Waals surface area contributed by atoms with Crippen LogP contribution >= 0.6 is 0 Å². The summed E-state index contributed by atoms with van der Waals surface area (Å²) in [7, 11) is 1.37. The molecule has 0 saturated carbocycles. The van der Waals surface area contributed by atoms with E-state index in [0.29, 0.717) is 26.1 Å². The van der Waals surface area contributed by atoms with E-state index in [4.69, 9.17) is 9.47 Å². The van der Waals surface area contributed by atoms with Crippen molar-refractivity contribution in [2.24, 2.45) is 0 Å². The van der Waals surface area contributed by atoms with E-state index >= 15 is 0 Å². The van der Waals surface area contributed by atoms with Gasteiger partial charge >= 0.3 is 6.09 Å². The van der Waals surface area contributed by atoms with Gasteiger partial charge < -0.3 is 14.4 Å². The topological polar surface area (TPSA) is 59.1 Å². The first-order chi connectivity index (χ1) is 12.6. The largest absolute Gasteiger partial charge is 0.490 e. The summed E-state index contributed by atoms with van der Waals surface area (Å²) in [6, 6.07) is 7.62. The number of carbonyl (C=O) groups excluding carboxylic acids is 2. The highest BCUT2D eigenvalue weighted by Gasteiger charge is 2.36. The van der Waals surface area contributed by atoms with Crippen molar-refractivity contribution in [3.05, 3.63) is 29.8 Å². The molecule has 3 rings (SSSR count). The Hall–Kier alpha value is -2.24. The second-order valence-electron chi connectivity index (χ2n) is 7.08. The first kappa shape index (κ1) is 18.5. The quantitative estimate of drug-likeness (QED) is 0.831. The maximum Gasteiger partial charge on any atom is 0.410 e. The molecule has 26 heavy (non-hydrogen) atoms. The molecule has 1 unspecified atom stereocenters. The van der Waals surface area contributed by atoms with E-state index < -0.39 is 6.09 Å². The normalized spacial score (nSPS) is 21.4. The number of carbonyl (C=O) groups is 2. The summed E-state index contributed by atoms with van der Waals surface area (Å²) in [6.45, 7) is 3.97. The third kappa shape index (κ3) is 4.11. The molecular formula is C20H28N2O4. The number of nitrogens with zero attached hydrogens (tertiary/aromatic N) is 2. The van der Waals surface area contributed by atoms with Gasteiger partial charge in [-0.15, -0.1) is 0 Å². The van der Waals surface area contributed by atoms with Crippen LogP contribution in [0.2, 0.25) is 0 Å². The summed E-state index contributed by atoms with van der Waals surface area (Å²) in [5.74, 6) is 0.964. The molecule has 2 fully saturated rings. The van der Waals surface area contributed by atoms with Crippen molar-refractivity contribution in [1.29, 1.82) is 0 Å². The Labute approximate surface area is 155 Å². The van der Waals surface area contributed by atoms with Crippen molar-refractivity contribution >= 4 is 12.0 Å². The highest BCUT2D eigenvalue weighted by molar-refractivity contribution is 5.86. The molecule has 0 N–H and O–H groups in total. The smallest absolute Gasteiger partial charge is 0.410 e. The number of aryl methyl sites for hydroxylation is 1. The van der Waals surface area contributed by atoms with Crippen LogP contribution in [0.3, 0.4) is 0 Å². The molecule has 142 valence electrons. The molecule has 2 heterocycles. The monoisotopic (exact) mass is 360 g/mol. The Bertz CT molecular complexity index is 640. The van der Waals surface area contributed by atoms with Crippen LogP contribution in [-0.2, 0) is 9.53 Å². The lowest BCUT2D eigenvalue weighted by Crippen LogP contribution is -2.55. The van der Waals surface area contributed by atoms with Gasteiger partial charge in [0.15, 0.2) is 0 Å². The van der Waals surface area contributed by atoms with Gasteiger partial charge in [0.1, 0.15) is 17.9 Å². The van der Waals surface area contributed by atoms with Gasteiger partial charge in [0, 0.05) is 32.5 Å². The van der Waals surface area contributed by atoms with Crippen LogP contribution in [0.25, 0.3) is 0 Å². The zero-order chi connectivity index (χ0) is 18.5. The number of piperidine rings is 2. The first-order valence-electron chi connectivity index (χ1n) is 9.46. The summed E-state index contributed by atoms with van der Waals surface area (Å²) in [5, 5.41) is 0. The van der Waals surface area contributed by atoms with Gasteiger partial charge in [-0.2, -0.15) is 0 Å². The number of hydrogen-bond acceptors (Lipinski definition) is 4. The molecule has 1 aromatic rings. The molecule has 1 aromatic carbocycles. The molecule has 1 atom stereocenters. The molecule has 2 saturated heterocycles. The SMILES string of the molecule is COC(=O)N1CCCCC1C(=O)N1CCC(Oc2ccccc2C)CC1. The molecule has 2 amide bonds. The zero-order valence-electron chi connectivity index (χ0n) is 15.6. The number of benzene rings is 1. The third-order valence-corrected chi connectivity index (χ3v) is 5.34. The molecule has 0 radical (unpaired) electrons. The van der Waals surface area contributed by atoms with Gasteiger partial charge in [0.05, 0.1) is 7.11 Å². The number of methoxy groups -OCH3 is 1. The minimum Gasteiger partial charge on any atom is -0.490 e. The van der Waals surface area contributed by atoms with Crippen molar-refractivity contribution in [3.63, 3.8) is 0 Å². The van der Waals surface area contributed by atoms with Crippen molar-refractivity contribution in [3.8, 4) is 5.75 Å². The third-order valence-electron chi connectivity index (χ3n) is 5.34. The molecule has 6 heteroatoms. The molecule has 2 aliphatic heterocycles. The van der Waals surface area contributed by atoms with E-state index in [1.54, 1.807) is 4.90 Å². The number of ether oxygens (including phenoxy) is 2. The van der Waals surface area contributed by atoms with Gasteiger partial charge in [-0.05, 0) is 37.8 Å². The lowest BCUT2D eigenvalue weighted by Gasteiger charge is -2.39. The van der Waals surface area contributed by atoms with E-state index in [-0.39, 0.29) is 18.1 Å². The van der Waals surface area contributed by atoms with Crippen LogP contribution < -0.4 is 4.74 Å². The van der Waals surface area contributed by atoms with Gasteiger partial charge in [0.25, 0.3) is 0 Å².